The van der Waals surface area contributed by atoms with E-state index in [0.29, 0.717) is 18.8 Å². The quantitative estimate of drug-likeness (QED) is 0.688. The average Bonchev–Trinajstić information content (AvgIpc) is 3.33. The van der Waals surface area contributed by atoms with Crippen LogP contribution >= 0.6 is 0 Å². The number of carbonyl (C=O) groups excluding carboxylic acids is 1. The maximum Gasteiger partial charge on any atom is 0.407 e. The van der Waals surface area contributed by atoms with Gasteiger partial charge in [-0.25, -0.2) is 14.6 Å². The summed E-state index contributed by atoms with van der Waals surface area (Å²) in [6.45, 7) is 0.930. The van der Waals surface area contributed by atoms with E-state index in [2.05, 4.69) is 34.6 Å². The average molecular weight is 403 g/mol. The van der Waals surface area contributed by atoms with Gasteiger partial charge in [-0.2, -0.15) is 0 Å². The van der Waals surface area contributed by atoms with Crippen LogP contribution in [0.4, 0.5) is 4.79 Å². The number of carbonyl (C=O) groups is 2. The Balaban J connectivity index is 1.30. The van der Waals surface area contributed by atoms with Gasteiger partial charge in [0.1, 0.15) is 12.4 Å². The first-order valence-electron chi connectivity index (χ1n) is 10.0. The number of carboxylic acid groups (broad SMARTS) is 1. The first-order valence-corrected chi connectivity index (χ1v) is 10.0. The summed E-state index contributed by atoms with van der Waals surface area (Å²) in [7, 11) is 0. The summed E-state index contributed by atoms with van der Waals surface area (Å²) < 4.78 is 7.40. The molecule has 1 aromatic heterocycles. The molecule has 2 heterocycles. The van der Waals surface area contributed by atoms with Gasteiger partial charge in [-0.3, -0.25) is 0 Å². The van der Waals surface area contributed by atoms with Gasteiger partial charge in [0.15, 0.2) is 5.69 Å². The lowest BCUT2D eigenvalue weighted by Crippen LogP contribution is -2.34. The van der Waals surface area contributed by atoms with E-state index in [1.54, 1.807) is 4.57 Å². The monoisotopic (exact) mass is 403 g/mol. The van der Waals surface area contributed by atoms with Crippen LogP contribution in [0, 0.1) is 0 Å². The van der Waals surface area contributed by atoms with Crippen LogP contribution in [0.3, 0.4) is 0 Å². The summed E-state index contributed by atoms with van der Waals surface area (Å²) in [5.74, 6) is -0.515. The molecule has 7 heteroatoms. The molecule has 2 N–H and O–H groups in total. The first kappa shape index (κ1) is 18.4. The molecule has 1 aliphatic carbocycles. The fourth-order valence-electron chi connectivity index (χ4n) is 4.50. The third-order valence-electron chi connectivity index (χ3n) is 5.87. The molecule has 0 bridgehead atoms. The fourth-order valence-corrected chi connectivity index (χ4v) is 4.50. The second-order valence-corrected chi connectivity index (χ2v) is 7.65. The molecule has 0 saturated heterocycles. The number of amides is 1. The van der Waals surface area contributed by atoms with E-state index in [4.69, 9.17) is 4.74 Å². The number of hydrogen-bond donors (Lipinski definition) is 2. The predicted octanol–water partition coefficient (Wildman–Crippen LogP) is 3.95. The normalized spacial score (nSPS) is 17.0. The topological polar surface area (TPSA) is 93.5 Å². The molecule has 7 nitrogen and oxygen atoms in total. The van der Waals surface area contributed by atoms with E-state index in [9.17, 15) is 14.7 Å². The number of nitrogens with one attached hydrogen (secondary N) is 1. The summed E-state index contributed by atoms with van der Waals surface area (Å²) in [4.78, 5) is 27.9. The predicted molar refractivity (Wildman–Crippen MR) is 109 cm³/mol. The van der Waals surface area contributed by atoms with E-state index in [-0.39, 0.29) is 24.3 Å². The van der Waals surface area contributed by atoms with Crippen LogP contribution in [0.1, 0.15) is 52.2 Å². The van der Waals surface area contributed by atoms with Crippen LogP contribution in [0.15, 0.2) is 54.7 Å². The molecule has 3 aromatic rings. The highest BCUT2D eigenvalue weighted by molar-refractivity contribution is 5.85. The van der Waals surface area contributed by atoms with Crippen molar-refractivity contribution in [1.82, 2.24) is 14.9 Å². The third kappa shape index (κ3) is 3.12. The van der Waals surface area contributed by atoms with E-state index in [1.807, 2.05) is 24.3 Å². The zero-order chi connectivity index (χ0) is 20.7. The van der Waals surface area contributed by atoms with Crippen LogP contribution in [0.5, 0.6) is 0 Å². The molecular weight excluding hydrogens is 382 g/mol. The first-order chi connectivity index (χ1) is 14.6. The van der Waals surface area contributed by atoms with Gasteiger partial charge in [0, 0.05) is 18.7 Å². The number of aromatic carboxylic acids is 1. The highest BCUT2D eigenvalue weighted by Crippen LogP contribution is 2.44. The fraction of sp³-hybridized carbons (Fsp3) is 0.261. The molecule has 0 fully saturated rings. The van der Waals surface area contributed by atoms with Crippen LogP contribution in [0.2, 0.25) is 0 Å². The number of imidazole rings is 1. The number of ether oxygens (including phenoxy) is 1. The Morgan fingerprint density at radius 1 is 1.10 bits per heavy atom. The molecule has 1 amide bonds. The second kappa shape index (κ2) is 7.33. The van der Waals surface area contributed by atoms with Crippen molar-refractivity contribution in [2.45, 2.75) is 31.3 Å². The molecule has 0 spiro atoms. The van der Waals surface area contributed by atoms with Crippen molar-refractivity contribution in [2.24, 2.45) is 0 Å². The smallest absolute Gasteiger partial charge is 0.407 e. The van der Waals surface area contributed by atoms with Gasteiger partial charge in [-0.05, 0) is 35.1 Å². The number of benzene rings is 2. The Kier molecular flexibility index (Phi) is 4.50. The molecule has 2 aromatic carbocycles. The maximum atomic E-state index is 12.6. The summed E-state index contributed by atoms with van der Waals surface area (Å²) >= 11 is 0. The van der Waals surface area contributed by atoms with Crippen molar-refractivity contribution in [1.29, 1.82) is 0 Å². The summed E-state index contributed by atoms with van der Waals surface area (Å²) in [6, 6.07) is 16.0. The van der Waals surface area contributed by atoms with Crippen molar-refractivity contribution in [3.8, 4) is 11.1 Å². The van der Waals surface area contributed by atoms with Gasteiger partial charge in [-0.15, -0.1) is 0 Å². The van der Waals surface area contributed by atoms with Gasteiger partial charge in [0.2, 0.25) is 0 Å². The number of alkyl carbamates (subject to hydrolysis) is 1. The zero-order valence-corrected chi connectivity index (χ0v) is 16.2. The van der Waals surface area contributed by atoms with Crippen molar-refractivity contribution < 1.29 is 19.4 Å². The van der Waals surface area contributed by atoms with Crippen molar-refractivity contribution in [3.05, 3.63) is 77.4 Å². The number of aryl methyl sites for hydroxylation is 1. The van der Waals surface area contributed by atoms with Crippen LogP contribution in [-0.4, -0.2) is 33.3 Å². The maximum absolute atomic E-state index is 12.6. The molecule has 1 atom stereocenters. The number of fused-ring (bicyclic) bond motifs is 4. The van der Waals surface area contributed by atoms with Gasteiger partial charge in [0.05, 0.1) is 6.04 Å². The Labute approximate surface area is 173 Å². The lowest BCUT2D eigenvalue weighted by Gasteiger charge is -2.24. The number of aromatic nitrogens is 2. The number of nitrogens with zero attached hydrogens (tertiary/aromatic N) is 2. The lowest BCUT2D eigenvalue weighted by molar-refractivity contribution is 0.0690. The highest BCUT2D eigenvalue weighted by Gasteiger charge is 2.30. The van der Waals surface area contributed by atoms with Gasteiger partial charge >= 0.3 is 12.1 Å². The molecular formula is C23H21N3O4. The number of rotatable bonds is 4. The Bertz CT molecular complexity index is 1090. The number of hydrogen-bond acceptors (Lipinski definition) is 4. The van der Waals surface area contributed by atoms with Crippen molar-refractivity contribution in [2.75, 3.05) is 6.61 Å². The van der Waals surface area contributed by atoms with Crippen molar-refractivity contribution in [3.63, 3.8) is 0 Å². The molecule has 0 radical (unpaired) electrons. The molecule has 0 unspecified atom stereocenters. The molecule has 2 aliphatic rings. The molecule has 30 heavy (non-hydrogen) atoms. The Hall–Kier alpha value is -3.61. The van der Waals surface area contributed by atoms with Gasteiger partial charge in [-0.1, -0.05) is 48.5 Å². The standard InChI is InChI=1S/C23H21N3O4/c27-22(28)20-12-26-11-5-10-19(21(26)24-20)25-23(29)30-13-18-16-8-3-1-6-14(16)15-7-2-4-9-17(15)18/h1-4,6-9,12,18-19H,5,10-11,13H2,(H,25,29)(H,27,28)/t19-/m0/s1. The minimum absolute atomic E-state index is 0.00453. The molecule has 5 rings (SSSR count). The van der Waals surface area contributed by atoms with Crippen LogP contribution in [-0.2, 0) is 11.3 Å². The molecule has 152 valence electrons. The summed E-state index contributed by atoms with van der Waals surface area (Å²) in [5, 5.41) is 12.0. The van der Waals surface area contributed by atoms with Crippen molar-refractivity contribution >= 4 is 12.1 Å². The largest absolute Gasteiger partial charge is 0.476 e. The van der Waals surface area contributed by atoms with E-state index >= 15 is 0 Å². The third-order valence-corrected chi connectivity index (χ3v) is 5.87. The second-order valence-electron chi connectivity index (χ2n) is 7.65. The minimum Gasteiger partial charge on any atom is -0.476 e. The highest BCUT2D eigenvalue weighted by atomic mass is 16.5. The summed E-state index contributed by atoms with van der Waals surface area (Å²) in [6.07, 6.45) is 2.52. The van der Waals surface area contributed by atoms with E-state index in [0.717, 1.165) is 17.5 Å². The van der Waals surface area contributed by atoms with E-state index in [1.165, 1.54) is 17.3 Å². The zero-order valence-electron chi connectivity index (χ0n) is 16.2. The number of carboxylic acids is 1. The van der Waals surface area contributed by atoms with E-state index < -0.39 is 12.1 Å². The lowest BCUT2D eigenvalue weighted by atomic mass is 9.98. The Morgan fingerprint density at radius 2 is 1.77 bits per heavy atom. The van der Waals surface area contributed by atoms with Gasteiger partial charge < -0.3 is 19.7 Å². The Morgan fingerprint density at radius 3 is 2.43 bits per heavy atom. The van der Waals surface area contributed by atoms with Gasteiger partial charge in [0.25, 0.3) is 0 Å². The molecule has 0 saturated carbocycles. The van der Waals surface area contributed by atoms with Crippen LogP contribution < -0.4 is 5.32 Å². The minimum atomic E-state index is -1.07. The summed E-state index contributed by atoms with van der Waals surface area (Å²) in [5.41, 5.74) is 4.66. The van der Waals surface area contributed by atoms with Crippen LogP contribution in [0.25, 0.3) is 11.1 Å². The molecule has 1 aliphatic heterocycles. The SMILES string of the molecule is O=C(N[C@H]1CCCn2cc(C(=O)O)nc21)OCC1c2ccccc2-c2ccccc21.